The number of likely N-dealkylation sites (N-methyl/N-ethyl adjacent to an activating group) is 1. The zero-order valence-electron chi connectivity index (χ0n) is 11.3. The van der Waals surface area contributed by atoms with Crippen molar-refractivity contribution < 1.29 is 4.79 Å². The highest BCUT2D eigenvalue weighted by molar-refractivity contribution is 5.95. The summed E-state index contributed by atoms with van der Waals surface area (Å²) >= 11 is 0. The van der Waals surface area contributed by atoms with E-state index < -0.39 is 0 Å². The van der Waals surface area contributed by atoms with Gasteiger partial charge in [-0.3, -0.25) is 9.69 Å². The first-order valence-electron chi connectivity index (χ1n) is 5.92. The number of nitroso groups, excluding NO2 is 1. The SMILES string of the molecule is CCN(C)CC(=O)N(N=O)c1c(C)cccc1C. The van der Waals surface area contributed by atoms with Gasteiger partial charge in [-0.1, -0.05) is 25.1 Å². The van der Waals surface area contributed by atoms with E-state index >= 15 is 0 Å². The molecule has 98 valence electrons. The van der Waals surface area contributed by atoms with Gasteiger partial charge in [0.2, 0.25) is 0 Å². The van der Waals surface area contributed by atoms with Crippen molar-refractivity contribution in [1.29, 1.82) is 0 Å². The Bertz CT molecular complexity index is 426. The maximum Gasteiger partial charge on any atom is 0.264 e. The molecule has 0 unspecified atom stereocenters. The molecule has 1 aromatic rings. The molecule has 0 fully saturated rings. The Labute approximate surface area is 107 Å². The van der Waals surface area contributed by atoms with Crippen molar-refractivity contribution in [1.82, 2.24) is 4.90 Å². The Balaban J connectivity index is 3.03. The summed E-state index contributed by atoms with van der Waals surface area (Å²) in [6, 6.07) is 5.61. The maximum atomic E-state index is 12.0. The summed E-state index contributed by atoms with van der Waals surface area (Å²) in [6.07, 6.45) is 0. The average molecular weight is 249 g/mol. The predicted octanol–water partition coefficient (Wildman–Crippen LogP) is 2.27. The van der Waals surface area contributed by atoms with Gasteiger partial charge in [0.15, 0.2) is 0 Å². The van der Waals surface area contributed by atoms with Crippen LogP contribution in [-0.4, -0.2) is 30.9 Å². The van der Waals surface area contributed by atoms with E-state index in [0.29, 0.717) is 5.69 Å². The van der Waals surface area contributed by atoms with Crippen LogP contribution in [0.1, 0.15) is 18.1 Å². The lowest BCUT2D eigenvalue weighted by atomic mass is 10.1. The number of para-hydroxylation sites is 1. The summed E-state index contributed by atoms with van der Waals surface area (Å²) in [5, 5.41) is 3.83. The number of nitrogens with zero attached hydrogens (tertiary/aromatic N) is 3. The summed E-state index contributed by atoms with van der Waals surface area (Å²) < 4.78 is 0. The van der Waals surface area contributed by atoms with Crippen LogP contribution in [0.4, 0.5) is 5.69 Å². The molecule has 1 amide bonds. The van der Waals surface area contributed by atoms with Crippen molar-refractivity contribution in [3.05, 3.63) is 34.2 Å². The van der Waals surface area contributed by atoms with Crippen LogP contribution in [0.5, 0.6) is 0 Å². The van der Waals surface area contributed by atoms with Crippen LogP contribution < -0.4 is 5.01 Å². The minimum atomic E-state index is -0.313. The molecule has 1 aromatic carbocycles. The Kier molecular flexibility index (Phi) is 4.97. The number of benzene rings is 1. The monoisotopic (exact) mass is 249 g/mol. The Hall–Kier alpha value is -1.75. The van der Waals surface area contributed by atoms with Crippen LogP contribution in [0.3, 0.4) is 0 Å². The van der Waals surface area contributed by atoms with Gasteiger partial charge in [-0.2, -0.15) is 5.01 Å². The number of hydrogen-bond donors (Lipinski definition) is 0. The lowest BCUT2D eigenvalue weighted by molar-refractivity contribution is -0.119. The van der Waals surface area contributed by atoms with Crippen molar-refractivity contribution in [2.45, 2.75) is 20.8 Å². The van der Waals surface area contributed by atoms with Crippen molar-refractivity contribution in [2.24, 2.45) is 5.29 Å². The molecule has 0 aliphatic carbocycles. The van der Waals surface area contributed by atoms with E-state index in [9.17, 15) is 9.70 Å². The van der Waals surface area contributed by atoms with E-state index in [0.717, 1.165) is 22.7 Å². The van der Waals surface area contributed by atoms with E-state index in [1.165, 1.54) is 0 Å². The molecule has 0 aliphatic rings. The maximum absolute atomic E-state index is 12.0. The molecule has 0 bridgehead atoms. The molecule has 0 aliphatic heterocycles. The summed E-state index contributed by atoms with van der Waals surface area (Å²) in [4.78, 5) is 24.8. The summed E-state index contributed by atoms with van der Waals surface area (Å²) in [5.74, 6) is -0.313. The van der Waals surface area contributed by atoms with Crippen molar-refractivity contribution in [3.8, 4) is 0 Å². The van der Waals surface area contributed by atoms with Gasteiger partial charge in [0.1, 0.15) is 0 Å². The van der Waals surface area contributed by atoms with Gasteiger partial charge in [0, 0.05) is 0 Å². The molecule has 0 saturated heterocycles. The average Bonchev–Trinajstić information content (AvgIpc) is 2.33. The van der Waals surface area contributed by atoms with Crippen molar-refractivity contribution in [3.63, 3.8) is 0 Å². The van der Waals surface area contributed by atoms with Gasteiger partial charge < -0.3 is 0 Å². The second kappa shape index (κ2) is 6.26. The van der Waals surface area contributed by atoms with Gasteiger partial charge in [-0.25, -0.2) is 0 Å². The summed E-state index contributed by atoms with van der Waals surface area (Å²) in [7, 11) is 1.82. The fourth-order valence-corrected chi connectivity index (χ4v) is 1.76. The third-order valence-corrected chi connectivity index (χ3v) is 2.91. The molecule has 0 aromatic heterocycles. The molecule has 0 radical (unpaired) electrons. The van der Waals surface area contributed by atoms with Gasteiger partial charge in [-0.05, 0) is 38.6 Å². The molecular formula is C13H19N3O2. The minimum Gasteiger partial charge on any atom is -0.298 e. The number of rotatable bonds is 5. The number of carbonyl (C=O) groups is 1. The Morgan fingerprint density at radius 1 is 1.28 bits per heavy atom. The molecule has 0 N–H and O–H groups in total. The third-order valence-electron chi connectivity index (χ3n) is 2.91. The molecule has 0 atom stereocenters. The van der Waals surface area contributed by atoms with Crippen LogP contribution in [0.25, 0.3) is 0 Å². The van der Waals surface area contributed by atoms with E-state index in [2.05, 4.69) is 5.29 Å². The summed E-state index contributed by atoms with van der Waals surface area (Å²) in [6.45, 7) is 6.58. The van der Waals surface area contributed by atoms with E-state index in [4.69, 9.17) is 0 Å². The first-order chi connectivity index (χ1) is 8.51. The number of aryl methyl sites for hydroxylation is 2. The highest BCUT2D eigenvalue weighted by Crippen LogP contribution is 2.25. The Morgan fingerprint density at radius 2 is 1.83 bits per heavy atom. The molecule has 0 spiro atoms. The van der Waals surface area contributed by atoms with Gasteiger partial charge in [0.25, 0.3) is 5.91 Å². The van der Waals surface area contributed by atoms with E-state index in [1.54, 1.807) is 0 Å². The van der Waals surface area contributed by atoms with E-state index in [1.807, 2.05) is 50.9 Å². The number of carbonyl (C=O) groups excluding carboxylic acids is 1. The van der Waals surface area contributed by atoms with Gasteiger partial charge >= 0.3 is 0 Å². The zero-order chi connectivity index (χ0) is 13.7. The lowest BCUT2D eigenvalue weighted by Crippen LogP contribution is -2.36. The van der Waals surface area contributed by atoms with Gasteiger partial charge in [0.05, 0.1) is 17.5 Å². The quantitative estimate of drug-likeness (QED) is 0.594. The topological polar surface area (TPSA) is 53.0 Å². The second-order valence-electron chi connectivity index (χ2n) is 4.36. The van der Waals surface area contributed by atoms with Crippen LogP contribution in [0.15, 0.2) is 23.5 Å². The first kappa shape index (κ1) is 14.3. The van der Waals surface area contributed by atoms with Crippen LogP contribution in [-0.2, 0) is 4.79 Å². The highest BCUT2D eigenvalue weighted by atomic mass is 16.3. The van der Waals surface area contributed by atoms with Crippen LogP contribution in [0.2, 0.25) is 0 Å². The molecule has 0 saturated carbocycles. The number of amides is 1. The normalized spacial score (nSPS) is 10.5. The molecule has 5 heteroatoms. The third kappa shape index (κ3) is 3.13. The molecule has 18 heavy (non-hydrogen) atoms. The standard InChI is InChI=1S/C13H19N3O2/c1-5-15(4)9-12(17)16(14-18)13-10(2)7-6-8-11(13)3/h6-8H,5,9H2,1-4H3. The predicted molar refractivity (Wildman–Crippen MR) is 72.4 cm³/mol. The summed E-state index contributed by atoms with van der Waals surface area (Å²) in [5.41, 5.74) is 2.31. The van der Waals surface area contributed by atoms with Crippen molar-refractivity contribution >= 4 is 11.6 Å². The number of anilines is 1. The first-order valence-corrected chi connectivity index (χ1v) is 5.92. The largest absolute Gasteiger partial charge is 0.298 e. The molecular weight excluding hydrogens is 230 g/mol. The lowest BCUT2D eigenvalue weighted by Gasteiger charge is -2.20. The zero-order valence-corrected chi connectivity index (χ0v) is 11.3. The fraction of sp³-hybridized carbons (Fsp3) is 0.462. The van der Waals surface area contributed by atoms with Crippen LogP contribution in [0, 0.1) is 18.8 Å². The van der Waals surface area contributed by atoms with Crippen molar-refractivity contribution in [2.75, 3.05) is 25.1 Å². The molecule has 0 heterocycles. The minimum absolute atomic E-state index is 0.177. The Morgan fingerprint density at radius 3 is 2.28 bits per heavy atom. The van der Waals surface area contributed by atoms with E-state index in [-0.39, 0.29) is 12.5 Å². The smallest absolute Gasteiger partial charge is 0.264 e. The highest BCUT2D eigenvalue weighted by Gasteiger charge is 2.21. The number of hydrogen-bond acceptors (Lipinski definition) is 4. The fourth-order valence-electron chi connectivity index (χ4n) is 1.76. The van der Waals surface area contributed by atoms with Crippen LogP contribution >= 0.6 is 0 Å². The van der Waals surface area contributed by atoms with Gasteiger partial charge in [-0.15, -0.1) is 4.91 Å². The molecule has 1 rings (SSSR count). The molecule has 5 nitrogen and oxygen atoms in total. The second-order valence-corrected chi connectivity index (χ2v) is 4.36.